The number of primary sulfonamides is 1. The number of nitro groups is 1. The van der Waals surface area contributed by atoms with E-state index in [2.05, 4.69) is 5.32 Å². The van der Waals surface area contributed by atoms with E-state index in [1.165, 1.54) is 77.4 Å². The molecule has 2 aliphatic rings. The number of benzene rings is 3. The molecule has 1 aromatic heterocycles. The number of thiazole rings is 1. The Labute approximate surface area is 261 Å². The van der Waals surface area contributed by atoms with Crippen molar-refractivity contribution in [1.29, 1.82) is 0 Å². The number of sulfonamides is 1. The lowest BCUT2D eigenvalue weighted by Gasteiger charge is -2.30. The van der Waals surface area contributed by atoms with Gasteiger partial charge in [-0.15, -0.1) is 0 Å². The van der Waals surface area contributed by atoms with E-state index in [0.717, 1.165) is 28.0 Å². The van der Waals surface area contributed by atoms with Gasteiger partial charge in [0.1, 0.15) is 17.6 Å². The Balaban J connectivity index is 1.36. The molecule has 45 heavy (non-hydrogen) atoms. The molecule has 1 fully saturated rings. The van der Waals surface area contributed by atoms with Crippen LogP contribution in [0.15, 0.2) is 87.5 Å². The molecule has 13 nitrogen and oxygen atoms in total. The second-order valence-corrected chi connectivity index (χ2v) is 13.8. The van der Waals surface area contributed by atoms with Gasteiger partial charge in [0.15, 0.2) is 0 Å². The first-order chi connectivity index (χ1) is 21.3. The average molecular weight is 670 g/mol. The first-order valence-electron chi connectivity index (χ1n) is 13.0. The lowest BCUT2D eigenvalue weighted by Crippen LogP contribution is -2.33. The maximum Gasteiger partial charge on any atom is 0.308 e. The molecule has 2 aliphatic heterocycles. The van der Waals surface area contributed by atoms with Crippen LogP contribution in [0.1, 0.15) is 16.4 Å². The second-order valence-electron chi connectivity index (χ2n) is 10.1. The Morgan fingerprint density at radius 3 is 2.22 bits per heavy atom. The van der Waals surface area contributed by atoms with Gasteiger partial charge in [0.05, 0.1) is 26.5 Å². The molecule has 0 bridgehead atoms. The van der Waals surface area contributed by atoms with Gasteiger partial charge in [-0.1, -0.05) is 35.2 Å². The number of non-ortho nitro benzene ring substituents is 1. The molecule has 0 spiro atoms. The van der Waals surface area contributed by atoms with Gasteiger partial charge in [-0.05, 0) is 54.1 Å². The molecule has 3 atom stereocenters. The normalized spacial score (nSPS) is 19.2. The minimum atomic E-state index is -3.94. The number of hydrogen-bond acceptors (Lipinski definition) is 10. The van der Waals surface area contributed by atoms with Crippen molar-refractivity contribution in [3.63, 3.8) is 0 Å². The first kappa shape index (κ1) is 30.3. The molecule has 0 radical (unpaired) electrons. The number of aromatic nitrogens is 1. The third-order valence-corrected chi connectivity index (χ3v) is 10.9. The van der Waals surface area contributed by atoms with Crippen LogP contribution < -0.4 is 20.2 Å². The van der Waals surface area contributed by atoms with Gasteiger partial charge in [0, 0.05) is 28.6 Å². The Morgan fingerprint density at radius 2 is 1.62 bits per heavy atom. The third kappa shape index (κ3) is 5.54. The highest BCUT2D eigenvalue weighted by Gasteiger charge is 2.56. The summed E-state index contributed by atoms with van der Waals surface area (Å²) in [7, 11) is -3.94. The summed E-state index contributed by atoms with van der Waals surface area (Å²) in [5, 5.41) is 18.1. The first-order valence-corrected chi connectivity index (χ1v) is 16.3. The smallest absolute Gasteiger partial charge is 0.308 e. The summed E-state index contributed by atoms with van der Waals surface area (Å²) in [5.41, 5.74) is 0.639. The third-order valence-electron chi connectivity index (χ3n) is 7.37. The Bertz CT molecular complexity index is 2050. The van der Waals surface area contributed by atoms with E-state index in [-0.39, 0.29) is 22.0 Å². The summed E-state index contributed by atoms with van der Waals surface area (Å²) >= 11 is 1.77. The van der Waals surface area contributed by atoms with E-state index in [0.29, 0.717) is 15.5 Å². The second kappa shape index (κ2) is 11.3. The minimum Gasteiger partial charge on any atom is -0.325 e. The average Bonchev–Trinajstić information content (AvgIpc) is 3.43. The molecular weight excluding hydrogens is 650 g/mol. The monoisotopic (exact) mass is 669 g/mol. The number of carbonyl (C=O) groups excluding carboxylic acids is 3. The number of carbonyl (C=O) groups is 3. The number of nitrogens with zero attached hydrogens (tertiary/aromatic N) is 3. The number of fused-ring (bicyclic) bond motifs is 2. The SMILES string of the molecule is NS(=O)(=O)c1ccc(NC(=O)Cn2c3c(sc2=O)[C@@H](c2ccc(F)cc2)[C@H]2C(=O)N(c4ccc([N+](=O)[O-])cc4)C(=O)[C@H]2S3)cc1. The number of nitrogens with two attached hydrogens (primary N) is 1. The summed E-state index contributed by atoms with van der Waals surface area (Å²) in [6.07, 6.45) is 0. The van der Waals surface area contributed by atoms with Crippen LogP contribution in [-0.2, 0) is 31.0 Å². The van der Waals surface area contributed by atoms with Crippen molar-refractivity contribution in [3.05, 3.63) is 109 Å². The largest absolute Gasteiger partial charge is 0.325 e. The highest BCUT2D eigenvalue weighted by molar-refractivity contribution is 8.00. The van der Waals surface area contributed by atoms with Gasteiger partial charge in [0.25, 0.3) is 5.69 Å². The predicted molar refractivity (Wildman–Crippen MR) is 162 cm³/mol. The summed E-state index contributed by atoms with van der Waals surface area (Å²) < 4.78 is 38.1. The highest BCUT2D eigenvalue weighted by Crippen LogP contribution is 2.53. The minimum absolute atomic E-state index is 0.136. The topological polar surface area (TPSA) is 192 Å². The van der Waals surface area contributed by atoms with Crippen molar-refractivity contribution in [3.8, 4) is 0 Å². The maximum atomic E-state index is 13.9. The Morgan fingerprint density at radius 1 is 0.978 bits per heavy atom. The van der Waals surface area contributed by atoms with E-state index in [1.54, 1.807) is 0 Å². The van der Waals surface area contributed by atoms with Crippen LogP contribution in [0, 0.1) is 21.8 Å². The quantitative estimate of drug-likeness (QED) is 0.169. The van der Waals surface area contributed by atoms with E-state index in [9.17, 15) is 42.1 Å². The summed E-state index contributed by atoms with van der Waals surface area (Å²) in [5.74, 6) is -4.16. The molecule has 0 saturated carbocycles. The fourth-order valence-corrected chi connectivity index (χ4v) is 8.62. The lowest BCUT2D eigenvalue weighted by atomic mass is 9.83. The van der Waals surface area contributed by atoms with E-state index in [1.807, 2.05) is 0 Å². The number of rotatable bonds is 7. The van der Waals surface area contributed by atoms with Crippen LogP contribution in [-0.4, -0.2) is 40.9 Å². The predicted octanol–water partition coefficient (Wildman–Crippen LogP) is 3.04. The van der Waals surface area contributed by atoms with Crippen molar-refractivity contribution in [2.75, 3.05) is 10.2 Å². The summed E-state index contributed by atoms with van der Waals surface area (Å²) in [6.45, 7) is -0.462. The molecule has 0 unspecified atom stereocenters. The lowest BCUT2D eigenvalue weighted by molar-refractivity contribution is -0.384. The zero-order valence-corrected chi connectivity index (χ0v) is 25.1. The number of amides is 3. The highest BCUT2D eigenvalue weighted by atomic mass is 32.2. The number of halogens is 1. The molecule has 6 rings (SSSR count). The molecule has 17 heteroatoms. The number of imide groups is 1. The van der Waals surface area contributed by atoms with Gasteiger partial charge in [-0.3, -0.25) is 33.9 Å². The van der Waals surface area contributed by atoms with Crippen LogP contribution in [0.5, 0.6) is 0 Å². The molecule has 3 aromatic carbocycles. The van der Waals surface area contributed by atoms with Gasteiger partial charge >= 0.3 is 4.87 Å². The van der Waals surface area contributed by atoms with Crippen molar-refractivity contribution in [1.82, 2.24) is 4.57 Å². The van der Waals surface area contributed by atoms with Crippen molar-refractivity contribution >= 4 is 67.9 Å². The summed E-state index contributed by atoms with van der Waals surface area (Å²) in [4.78, 5) is 65.1. The fourth-order valence-electron chi connectivity index (χ4n) is 5.33. The van der Waals surface area contributed by atoms with Crippen molar-refractivity contribution in [2.24, 2.45) is 11.1 Å². The Hall–Kier alpha value is -4.71. The van der Waals surface area contributed by atoms with Gasteiger partial charge in [-0.25, -0.2) is 22.8 Å². The number of thioether (sulfide) groups is 1. The summed E-state index contributed by atoms with van der Waals surface area (Å²) in [6, 6.07) is 15.4. The molecule has 230 valence electrons. The number of anilines is 2. The van der Waals surface area contributed by atoms with Crippen molar-refractivity contribution < 1.29 is 32.1 Å². The number of nitrogens with one attached hydrogen (secondary N) is 1. The maximum absolute atomic E-state index is 13.9. The standard InChI is InChI=1S/C28H20FN5O8S3/c29-15-3-1-14(2-4-15)21-22-23(26(37)33(25(22)36)17-7-9-18(10-8-17)34(39)40)43-27-24(21)44-28(38)32(27)13-20(35)31-16-5-11-19(12-6-16)45(30,41)42/h1-12,21-23H,13H2,(H,31,35)(H2,30,41,42)/t21-,22+,23-/m0/s1. The molecule has 3 heterocycles. The zero-order valence-electron chi connectivity index (χ0n) is 22.7. The van der Waals surface area contributed by atoms with Gasteiger partial charge in [-0.2, -0.15) is 0 Å². The zero-order chi connectivity index (χ0) is 32.2. The molecule has 3 amide bonds. The van der Waals surface area contributed by atoms with Crippen LogP contribution in [0.4, 0.5) is 21.5 Å². The number of hydrogen-bond donors (Lipinski definition) is 2. The van der Waals surface area contributed by atoms with Crippen LogP contribution >= 0.6 is 23.1 Å². The molecule has 3 N–H and O–H groups in total. The van der Waals surface area contributed by atoms with Crippen LogP contribution in [0.25, 0.3) is 0 Å². The van der Waals surface area contributed by atoms with E-state index < -0.39 is 67.0 Å². The Kier molecular flexibility index (Phi) is 7.64. The van der Waals surface area contributed by atoms with E-state index >= 15 is 0 Å². The van der Waals surface area contributed by atoms with Crippen LogP contribution in [0.3, 0.4) is 0 Å². The van der Waals surface area contributed by atoms with E-state index in [4.69, 9.17) is 5.14 Å². The van der Waals surface area contributed by atoms with Crippen LogP contribution in [0.2, 0.25) is 0 Å². The van der Waals surface area contributed by atoms with Crippen molar-refractivity contribution in [2.45, 2.75) is 27.6 Å². The van der Waals surface area contributed by atoms with Gasteiger partial charge < -0.3 is 5.32 Å². The molecular formula is C28H20FN5O8S3. The number of nitro benzene ring substituents is 1. The molecule has 4 aromatic rings. The molecule has 1 saturated heterocycles. The fraction of sp³-hybridized carbons (Fsp3) is 0.143. The molecule has 0 aliphatic carbocycles. The van der Waals surface area contributed by atoms with Gasteiger partial charge in [0.2, 0.25) is 27.7 Å².